The molecule has 1 aromatic carbocycles. The molecule has 22 heavy (non-hydrogen) atoms. The van der Waals surface area contributed by atoms with Gasteiger partial charge in [0.25, 0.3) is 5.56 Å². The first kappa shape index (κ1) is 14.5. The summed E-state index contributed by atoms with van der Waals surface area (Å²) in [4.78, 5) is 11.9. The van der Waals surface area contributed by atoms with Crippen LogP contribution in [0.2, 0.25) is 5.15 Å². The molecular weight excluding hydrogens is 307 g/mol. The molecule has 0 spiro atoms. The van der Waals surface area contributed by atoms with Gasteiger partial charge in [-0.25, -0.2) is 9.07 Å². The second kappa shape index (κ2) is 5.73. The minimum absolute atomic E-state index is 0.168. The van der Waals surface area contributed by atoms with Gasteiger partial charge in [-0.3, -0.25) is 9.48 Å². The summed E-state index contributed by atoms with van der Waals surface area (Å²) < 4.78 is 16.6. The molecule has 0 aliphatic heterocycles. The third kappa shape index (κ3) is 2.78. The van der Waals surface area contributed by atoms with Gasteiger partial charge in [0, 0.05) is 24.7 Å². The van der Waals surface area contributed by atoms with E-state index in [9.17, 15) is 9.18 Å². The van der Waals surface area contributed by atoms with Crippen LogP contribution < -0.4 is 5.56 Å². The van der Waals surface area contributed by atoms with E-state index >= 15 is 0 Å². The normalized spacial score (nSPS) is 10.9. The summed E-state index contributed by atoms with van der Waals surface area (Å²) in [6.07, 6.45) is 0. The van der Waals surface area contributed by atoms with Gasteiger partial charge >= 0.3 is 0 Å². The van der Waals surface area contributed by atoms with Gasteiger partial charge < -0.3 is 0 Å². The summed E-state index contributed by atoms with van der Waals surface area (Å²) in [6.45, 7) is 0.168. The fraction of sp³-hybridized carbons (Fsp3) is 0.133. The maximum atomic E-state index is 13.8. The zero-order chi connectivity index (χ0) is 15.7. The van der Waals surface area contributed by atoms with Crippen LogP contribution in [-0.2, 0) is 13.6 Å². The van der Waals surface area contributed by atoms with Crippen LogP contribution in [0.4, 0.5) is 4.39 Å². The van der Waals surface area contributed by atoms with Crippen molar-refractivity contribution in [2.75, 3.05) is 0 Å². The van der Waals surface area contributed by atoms with Gasteiger partial charge in [-0.05, 0) is 18.2 Å². The molecule has 0 unspecified atom stereocenters. The van der Waals surface area contributed by atoms with Crippen LogP contribution in [0.25, 0.3) is 11.3 Å². The Morgan fingerprint density at radius 2 is 1.95 bits per heavy atom. The third-order valence-corrected chi connectivity index (χ3v) is 3.56. The minimum Gasteiger partial charge on any atom is -0.268 e. The van der Waals surface area contributed by atoms with Crippen molar-refractivity contribution in [1.82, 2.24) is 19.6 Å². The van der Waals surface area contributed by atoms with Crippen LogP contribution in [0.1, 0.15) is 5.69 Å². The molecule has 0 saturated heterocycles. The standard InChI is InChI=1S/C15H12ClFN4O/c1-20-14(16)8-10(18-20)9-21-15(22)7-6-13(19-21)11-4-2-3-5-12(11)17/h2-8H,9H2,1H3. The molecule has 2 heterocycles. The number of aryl methyl sites for hydroxylation is 1. The zero-order valence-corrected chi connectivity index (χ0v) is 12.5. The number of benzene rings is 1. The lowest BCUT2D eigenvalue weighted by Gasteiger charge is -2.06. The van der Waals surface area contributed by atoms with E-state index in [1.807, 2.05) is 0 Å². The lowest BCUT2D eigenvalue weighted by molar-refractivity contribution is 0.609. The van der Waals surface area contributed by atoms with E-state index in [-0.39, 0.29) is 17.9 Å². The second-order valence-corrected chi connectivity index (χ2v) is 5.16. The molecule has 0 aliphatic rings. The first-order valence-corrected chi connectivity index (χ1v) is 6.94. The number of rotatable bonds is 3. The fourth-order valence-electron chi connectivity index (χ4n) is 2.11. The lowest BCUT2D eigenvalue weighted by atomic mass is 10.1. The van der Waals surface area contributed by atoms with Gasteiger partial charge in [0.2, 0.25) is 0 Å². The van der Waals surface area contributed by atoms with Gasteiger partial charge in [-0.15, -0.1) is 0 Å². The van der Waals surface area contributed by atoms with Gasteiger partial charge in [-0.2, -0.15) is 10.2 Å². The Morgan fingerprint density at radius 3 is 2.64 bits per heavy atom. The average molecular weight is 319 g/mol. The van der Waals surface area contributed by atoms with Crippen molar-refractivity contribution < 1.29 is 4.39 Å². The van der Waals surface area contributed by atoms with Crippen molar-refractivity contribution in [2.24, 2.45) is 7.05 Å². The van der Waals surface area contributed by atoms with Crippen molar-refractivity contribution in [1.29, 1.82) is 0 Å². The summed E-state index contributed by atoms with van der Waals surface area (Å²) in [5.74, 6) is -0.388. The number of halogens is 2. The summed E-state index contributed by atoms with van der Waals surface area (Å²) >= 11 is 5.93. The van der Waals surface area contributed by atoms with Crippen molar-refractivity contribution >= 4 is 11.6 Å². The molecule has 0 fully saturated rings. The van der Waals surface area contributed by atoms with E-state index in [0.29, 0.717) is 22.1 Å². The summed E-state index contributed by atoms with van der Waals surface area (Å²) in [7, 11) is 1.71. The maximum Gasteiger partial charge on any atom is 0.267 e. The number of hydrogen-bond donors (Lipinski definition) is 0. The molecule has 0 saturated carbocycles. The van der Waals surface area contributed by atoms with Crippen molar-refractivity contribution in [3.05, 3.63) is 69.5 Å². The van der Waals surface area contributed by atoms with E-state index in [2.05, 4.69) is 10.2 Å². The number of nitrogens with zero attached hydrogens (tertiary/aromatic N) is 4. The Bertz CT molecular complexity index is 868. The molecule has 112 valence electrons. The average Bonchev–Trinajstić information content (AvgIpc) is 2.80. The number of aromatic nitrogens is 4. The van der Waals surface area contributed by atoms with Crippen LogP contribution >= 0.6 is 11.6 Å². The number of hydrogen-bond acceptors (Lipinski definition) is 3. The SMILES string of the molecule is Cn1nc(Cn2nc(-c3ccccc3F)ccc2=O)cc1Cl. The van der Waals surface area contributed by atoms with E-state index < -0.39 is 0 Å². The summed E-state index contributed by atoms with van der Waals surface area (Å²) in [6, 6.07) is 10.8. The summed E-state index contributed by atoms with van der Waals surface area (Å²) in [5, 5.41) is 8.85. The molecule has 2 aromatic heterocycles. The molecule has 0 radical (unpaired) electrons. The van der Waals surface area contributed by atoms with Crippen molar-refractivity contribution in [2.45, 2.75) is 6.54 Å². The Labute approximate surface area is 130 Å². The highest BCUT2D eigenvalue weighted by atomic mass is 35.5. The molecular formula is C15H12ClFN4O. The monoisotopic (exact) mass is 318 g/mol. The largest absolute Gasteiger partial charge is 0.268 e. The van der Waals surface area contributed by atoms with Gasteiger partial charge in [0.15, 0.2) is 0 Å². The van der Waals surface area contributed by atoms with Crippen LogP contribution in [0.15, 0.2) is 47.3 Å². The molecule has 5 nitrogen and oxygen atoms in total. The second-order valence-electron chi connectivity index (χ2n) is 4.78. The third-order valence-electron chi connectivity index (χ3n) is 3.20. The maximum absolute atomic E-state index is 13.8. The molecule has 0 amide bonds. The topological polar surface area (TPSA) is 52.7 Å². The Balaban J connectivity index is 2.00. The van der Waals surface area contributed by atoms with E-state index in [1.165, 1.54) is 27.6 Å². The highest BCUT2D eigenvalue weighted by Crippen LogP contribution is 2.19. The van der Waals surface area contributed by atoms with Crippen LogP contribution in [0, 0.1) is 5.82 Å². The van der Waals surface area contributed by atoms with Gasteiger partial charge in [0.1, 0.15) is 11.0 Å². The molecule has 3 aromatic rings. The van der Waals surface area contributed by atoms with Crippen LogP contribution in [0.3, 0.4) is 0 Å². The quantitative estimate of drug-likeness (QED) is 0.745. The molecule has 0 aliphatic carbocycles. The highest BCUT2D eigenvalue weighted by Gasteiger charge is 2.10. The minimum atomic E-state index is -0.388. The van der Waals surface area contributed by atoms with Gasteiger partial charge in [0.05, 0.1) is 17.9 Å². The zero-order valence-electron chi connectivity index (χ0n) is 11.7. The van der Waals surface area contributed by atoms with Crippen LogP contribution in [0.5, 0.6) is 0 Å². The van der Waals surface area contributed by atoms with Crippen molar-refractivity contribution in [3.8, 4) is 11.3 Å². The van der Waals surface area contributed by atoms with Crippen molar-refractivity contribution in [3.63, 3.8) is 0 Å². The van der Waals surface area contributed by atoms with Gasteiger partial charge in [-0.1, -0.05) is 23.7 Å². The smallest absolute Gasteiger partial charge is 0.267 e. The fourth-order valence-corrected chi connectivity index (χ4v) is 2.27. The predicted octanol–water partition coefficient (Wildman–Crippen LogP) is 2.48. The first-order chi connectivity index (χ1) is 10.5. The Kier molecular flexibility index (Phi) is 3.77. The van der Waals surface area contributed by atoms with E-state index in [4.69, 9.17) is 11.6 Å². The molecule has 0 bridgehead atoms. The molecule has 0 N–H and O–H groups in total. The van der Waals surface area contributed by atoms with E-state index in [1.54, 1.807) is 31.3 Å². The molecule has 7 heteroatoms. The molecule has 3 rings (SSSR count). The Hall–Kier alpha value is -2.47. The predicted molar refractivity (Wildman–Crippen MR) is 81.2 cm³/mol. The Morgan fingerprint density at radius 1 is 1.18 bits per heavy atom. The first-order valence-electron chi connectivity index (χ1n) is 6.56. The lowest BCUT2D eigenvalue weighted by Crippen LogP contribution is -2.23. The summed E-state index contributed by atoms with van der Waals surface area (Å²) in [5.41, 5.74) is 1.05. The van der Waals surface area contributed by atoms with E-state index in [0.717, 1.165) is 0 Å². The highest BCUT2D eigenvalue weighted by molar-refractivity contribution is 6.29. The molecule has 0 atom stereocenters. The van der Waals surface area contributed by atoms with Crippen LogP contribution in [-0.4, -0.2) is 19.6 Å².